The molecule has 0 saturated carbocycles. The van der Waals surface area contributed by atoms with Crippen molar-refractivity contribution in [3.05, 3.63) is 53.8 Å². The molecule has 0 atom stereocenters. The molecule has 1 N–H and O–H groups in total. The molecule has 0 saturated heterocycles. The SMILES string of the molecule is CCOC(=O)c1ccc(N=Nc2ccc(O)cc2F)cc1. The van der Waals surface area contributed by atoms with E-state index in [-0.39, 0.29) is 11.4 Å². The highest BCUT2D eigenvalue weighted by Crippen LogP contribution is 2.24. The molecule has 0 heterocycles. The van der Waals surface area contributed by atoms with Crippen LogP contribution in [-0.4, -0.2) is 17.7 Å². The number of aromatic hydroxyl groups is 1. The predicted octanol–water partition coefficient (Wildman–Crippen LogP) is 4.12. The van der Waals surface area contributed by atoms with E-state index >= 15 is 0 Å². The Labute approximate surface area is 120 Å². The molecule has 0 amide bonds. The zero-order valence-corrected chi connectivity index (χ0v) is 11.3. The minimum absolute atomic E-state index is 0.0160. The third kappa shape index (κ3) is 3.85. The van der Waals surface area contributed by atoms with Gasteiger partial charge >= 0.3 is 5.97 Å². The number of ether oxygens (including phenoxy) is 1. The average Bonchev–Trinajstić information content (AvgIpc) is 2.47. The smallest absolute Gasteiger partial charge is 0.338 e. The minimum atomic E-state index is -0.665. The molecule has 6 heteroatoms. The predicted molar refractivity (Wildman–Crippen MR) is 74.6 cm³/mol. The van der Waals surface area contributed by atoms with Crippen LogP contribution in [0, 0.1) is 5.82 Å². The zero-order chi connectivity index (χ0) is 15.2. The summed E-state index contributed by atoms with van der Waals surface area (Å²) in [5.41, 5.74) is 0.893. The molecule has 0 radical (unpaired) electrons. The molecule has 2 rings (SSSR count). The van der Waals surface area contributed by atoms with Crippen LogP contribution in [0.5, 0.6) is 5.75 Å². The Kier molecular flexibility index (Phi) is 4.61. The highest BCUT2D eigenvalue weighted by Gasteiger charge is 2.05. The molecule has 0 spiro atoms. The summed E-state index contributed by atoms with van der Waals surface area (Å²) in [5, 5.41) is 16.7. The summed E-state index contributed by atoms with van der Waals surface area (Å²) >= 11 is 0. The lowest BCUT2D eigenvalue weighted by Gasteiger charge is -2.01. The average molecular weight is 288 g/mol. The van der Waals surface area contributed by atoms with Crippen molar-refractivity contribution in [2.75, 3.05) is 6.61 Å². The summed E-state index contributed by atoms with van der Waals surface area (Å²) in [6.45, 7) is 2.03. The fraction of sp³-hybridized carbons (Fsp3) is 0.133. The second-order valence-electron chi connectivity index (χ2n) is 4.10. The van der Waals surface area contributed by atoms with E-state index in [1.165, 1.54) is 12.1 Å². The van der Waals surface area contributed by atoms with E-state index in [1.807, 2.05) is 0 Å². The Morgan fingerprint density at radius 1 is 1.19 bits per heavy atom. The fourth-order valence-electron chi connectivity index (χ4n) is 1.57. The van der Waals surface area contributed by atoms with E-state index in [1.54, 1.807) is 31.2 Å². The van der Waals surface area contributed by atoms with Crippen molar-refractivity contribution in [2.45, 2.75) is 6.92 Å². The number of carbonyl (C=O) groups excluding carboxylic acids is 1. The van der Waals surface area contributed by atoms with Gasteiger partial charge in [-0.1, -0.05) is 0 Å². The van der Waals surface area contributed by atoms with Gasteiger partial charge in [0, 0.05) is 6.07 Å². The first-order valence-electron chi connectivity index (χ1n) is 6.27. The number of hydrogen-bond acceptors (Lipinski definition) is 5. The van der Waals surface area contributed by atoms with Crippen LogP contribution in [0.15, 0.2) is 52.7 Å². The van der Waals surface area contributed by atoms with Gasteiger partial charge in [0.25, 0.3) is 0 Å². The largest absolute Gasteiger partial charge is 0.508 e. The van der Waals surface area contributed by atoms with Crippen LogP contribution in [0.2, 0.25) is 0 Å². The van der Waals surface area contributed by atoms with Crippen molar-refractivity contribution in [2.24, 2.45) is 10.2 Å². The highest BCUT2D eigenvalue weighted by molar-refractivity contribution is 5.89. The maximum Gasteiger partial charge on any atom is 0.338 e. The van der Waals surface area contributed by atoms with Crippen LogP contribution in [0.4, 0.5) is 15.8 Å². The summed E-state index contributed by atoms with van der Waals surface area (Å²) in [4.78, 5) is 11.5. The number of rotatable bonds is 4. The molecule has 21 heavy (non-hydrogen) atoms. The van der Waals surface area contributed by atoms with Gasteiger partial charge in [0.2, 0.25) is 0 Å². The molecular weight excluding hydrogens is 275 g/mol. The van der Waals surface area contributed by atoms with E-state index in [9.17, 15) is 9.18 Å². The van der Waals surface area contributed by atoms with Crippen molar-refractivity contribution in [3.63, 3.8) is 0 Å². The number of halogens is 1. The molecular formula is C15H13FN2O3. The maximum absolute atomic E-state index is 13.4. The zero-order valence-electron chi connectivity index (χ0n) is 11.3. The van der Waals surface area contributed by atoms with Gasteiger partial charge in [0.05, 0.1) is 17.9 Å². The summed E-state index contributed by atoms with van der Waals surface area (Å²) in [5.74, 6) is -1.25. The number of esters is 1. The van der Waals surface area contributed by atoms with Crippen LogP contribution in [0.3, 0.4) is 0 Å². The van der Waals surface area contributed by atoms with Gasteiger partial charge < -0.3 is 9.84 Å². The van der Waals surface area contributed by atoms with Crippen LogP contribution >= 0.6 is 0 Å². The number of phenols is 1. The molecule has 0 fully saturated rings. The van der Waals surface area contributed by atoms with Gasteiger partial charge in [-0.3, -0.25) is 0 Å². The lowest BCUT2D eigenvalue weighted by Crippen LogP contribution is -2.03. The van der Waals surface area contributed by atoms with Crippen LogP contribution in [-0.2, 0) is 4.74 Å². The first-order valence-corrected chi connectivity index (χ1v) is 6.27. The van der Waals surface area contributed by atoms with E-state index in [0.29, 0.717) is 17.9 Å². The molecule has 0 unspecified atom stereocenters. The number of nitrogens with zero attached hydrogens (tertiary/aromatic N) is 2. The second kappa shape index (κ2) is 6.60. The summed E-state index contributed by atoms with van der Waals surface area (Å²) in [7, 11) is 0. The number of benzene rings is 2. The molecule has 0 aromatic heterocycles. The minimum Gasteiger partial charge on any atom is -0.508 e. The lowest BCUT2D eigenvalue weighted by molar-refractivity contribution is 0.0526. The van der Waals surface area contributed by atoms with Crippen LogP contribution < -0.4 is 0 Å². The molecule has 0 aliphatic rings. The quantitative estimate of drug-likeness (QED) is 0.679. The van der Waals surface area contributed by atoms with Gasteiger partial charge in [-0.2, -0.15) is 5.11 Å². The number of phenolic OH excluding ortho intramolecular Hbond substituents is 1. The van der Waals surface area contributed by atoms with Crippen molar-refractivity contribution in [1.29, 1.82) is 0 Å². The van der Waals surface area contributed by atoms with Gasteiger partial charge in [-0.15, -0.1) is 5.11 Å². The molecule has 5 nitrogen and oxygen atoms in total. The Morgan fingerprint density at radius 2 is 1.90 bits per heavy atom. The summed E-state index contributed by atoms with van der Waals surface area (Å²) in [6, 6.07) is 9.86. The molecule has 2 aromatic carbocycles. The fourth-order valence-corrected chi connectivity index (χ4v) is 1.57. The van der Waals surface area contributed by atoms with Gasteiger partial charge in [-0.25, -0.2) is 9.18 Å². The third-order valence-electron chi connectivity index (χ3n) is 2.58. The van der Waals surface area contributed by atoms with Gasteiger partial charge in [-0.05, 0) is 43.3 Å². The van der Waals surface area contributed by atoms with Crippen molar-refractivity contribution < 1.29 is 19.0 Å². The summed E-state index contributed by atoms with van der Waals surface area (Å²) in [6.07, 6.45) is 0. The molecule has 0 aliphatic carbocycles. The number of carbonyl (C=O) groups is 1. The molecule has 0 aliphatic heterocycles. The maximum atomic E-state index is 13.4. The Bertz CT molecular complexity index is 669. The van der Waals surface area contributed by atoms with E-state index in [0.717, 1.165) is 6.07 Å². The van der Waals surface area contributed by atoms with Gasteiger partial charge in [0.1, 0.15) is 11.4 Å². The molecule has 0 bridgehead atoms. The van der Waals surface area contributed by atoms with Crippen LogP contribution in [0.1, 0.15) is 17.3 Å². The van der Waals surface area contributed by atoms with Gasteiger partial charge in [0.15, 0.2) is 5.82 Å². The summed E-state index contributed by atoms with van der Waals surface area (Å²) < 4.78 is 18.3. The Balaban J connectivity index is 2.12. The number of hydrogen-bond donors (Lipinski definition) is 1. The van der Waals surface area contributed by atoms with Crippen LogP contribution in [0.25, 0.3) is 0 Å². The molecule has 2 aromatic rings. The van der Waals surface area contributed by atoms with Crippen molar-refractivity contribution >= 4 is 17.3 Å². The topological polar surface area (TPSA) is 71.2 Å². The third-order valence-corrected chi connectivity index (χ3v) is 2.58. The standard InChI is InChI=1S/C15H13FN2O3/c1-2-21-15(20)10-3-5-11(6-4-10)17-18-14-8-7-12(19)9-13(14)16/h3-9,19H,2H2,1H3. The van der Waals surface area contributed by atoms with E-state index in [4.69, 9.17) is 9.84 Å². The molecule has 108 valence electrons. The highest BCUT2D eigenvalue weighted by atomic mass is 19.1. The van der Waals surface area contributed by atoms with Crippen molar-refractivity contribution in [3.8, 4) is 5.75 Å². The lowest BCUT2D eigenvalue weighted by atomic mass is 10.2. The number of azo groups is 1. The monoisotopic (exact) mass is 288 g/mol. The van der Waals surface area contributed by atoms with E-state index < -0.39 is 11.8 Å². The normalized spacial score (nSPS) is 10.8. The second-order valence-corrected chi connectivity index (χ2v) is 4.10. The van der Waals surface area contributed by atoms with E-state index in [2.05, 4.69) is 10.2 Å². The Morgan fingerprint density at radius 3 is 2.52 bits per heavy atom. The Hall–Kier alpha value is -2.76. The van der Waals surface area contributed by atoms with Crippen molar-refractivity contribution in [1.82, 2.24) is 0 Å². The first-order chi connectivity index (χ1) is 10.1. The first kappa shape index (κ1) is 14.6.